The smallest absolute Gasteiger partial charge is 0.139 e. The molecule has 98 valence electrons. The van der Waals surface area contributed by atoms with Gasteiger partial charge in [-0.2, -0.15) is 0 Å². The van der Waals surface area contributed by atoms with Crippen LogP contribution < -0.4 is 10.6 Å². The standard InChI is InChI=1S/C12H18N4O2/c1-8-5-16(6-9(7-17)18-8)12-10(11(13)14)3-2-4-15-12/h2-4,8-9,17H,5-7H2,1H3,(H3,13,14). The molecule has 2 heterocycles. The van der Waals surface area contributed by atoms with Crippen molar-refractivity contribution in [2.45, 2.75) is 19.1 Å². The lowest BCUT2D eigenvalue weighted by Crippen LogP contribution is -2.48. The number of aliphatic hydroxyl groups excluding tert-OH is 1. The van der Waals surface area contributed by atoms with Gasteiger partial charge in [-0.1, -0.05) is 0 Å². The molecule has 2 rings (SSSR count). The molecule has 2 unspecified atom stereocenters. The highest BCUT2D eigenvalue weighted by atomic mass is 16.5. The van der Waals surface area contributed by atoms with Crippen LogP contribution in [0.3, 0.4) is 0 Å². The van der Waals surface area contributed by atoms with E-state index in [0.29, 0.717) is 24.5 Å². The highest BCUT2D eigenvalue weighted by Gasteiger charge is 2.27. The molecule has 1 aliphatic rings. The summed E-state index contributed by atoms with van der Waals surface area (Å²) in [5.74, 6) is 0.677. The molecule has 2 atom stereocenters. The number of nitrogens with two attached hydrogens (primary N) is 1. The van der Waals surface area contributed by atoms with Gasteiger partial charge in [0.2, 0.25) is 0 Å². The normalized spacial score (nSPS) is 24.0. The van der Waals surface area contributed by atoms with Crippen LogP contribution in [0.15, 0.2) is 18.3 Å². The third-order valence-corrected chi connectivity index (χ3v) is 2.91. The Kier molecular flexibility index (Phi) is 3.78. The van der Waals surface area contributed by atoms with Crippen molar-refractivity contribution in [3.05, 3.63) is 23.9 Å². The second-order valence-corrected chi connectivity index (χ2v) is 4.44. The molecule has 1 saturated heterocycles. The highest BCUT2D eigenvalue weighted by Crippen LogP contribution is 2.21. The molecule has 0 spiro atoms. The average molecular weight is 250 g/mol. The van der Waals surface area contributed by atoms with Crippen LogP contribution in [0.1, 0.15) is 12.5 Å². The van der Waals surface area contributed by atoms with E-state index >= 15 is 0 Å². The van der Waals surface area contributed by atoms with Crippen LogP contribution in [0.2, 0.25) is 0 Å². The predicted molar refractivity (Wildman–Crippen MR) is 68.9 cm³/mol. The van der Waals surface area contributed by atoms with Gasteiger partial charge in [-0.05, 0) is 19.1 Å². The monoisotopic (exact) mass is 250 g/mol. The minimum Gasteiger partial charge on any atom is -0.394 e. The number of aliphatic hydroxyl groups is 1. The second kappa shape index (κ2) is 5.32. The lowest BCUT2D eigenvalue weighted by Gasteiger charge is -2.37. The number of hydrogen-bond donors (Lipinski definition) is 3. The van der Waals surface area contributed by atoms with Crippen molar-refractivity contribution in [2.24, 2.45) is 5.73 Å². The fourth-order valence-corrected chi connectivity index (χ4v) is 2.18. The number of nitrogens with zero attached hydrogens (tertiary/aromatic N) is 2. The number of nitrogens with one attached hydrogen (secondary N) is 1. The number of morpholine rings is 1. The van der Waals surface area contributed by atoms with Crippen molar-refractivity contribution in [1.82, 2.24) is 4.98 Å². The zero-order valence-corrected chi connectivity index (χ0v) is 10.3. The molecule has 0 amide bonds. The van der Waals surface area contributed by atoms with Gasteiger partial charge in [0.25, 0.3) is 0 Å². The molecular formula is C12H18N4O2. The van der Waals surface area contributed by atoms with Crippen LogP contribution in [-0.4, -0.2) is 47.8 Å². The summed E-state index contributed by atoms with van der Waals surface area (Å²) in [5, 5.41) is 16.8. The summed E-state index contributed by atoms with van der Waals surface area (Å²) in [6, 6.07) is 3.53. The molecule has 4 N–H and O–H groups in total. The van der Waals surface area contributed by atoms with Gasteiger partial charge in [0.1, 0.15) is 11.7 Å². The lowest BCUT2D eigenvalue weighted by atomic mass is 10.1. The van der Waals surface area contributed by atoms with E-state index in [-0.39, 0.29) is 24.7 Å². The Morgan fingerprint density at radius 1 is 1.67 bits per heavy atom. The summed E-state index contributed by atoms with van der Waals surface area (Å²) in [6.45, 7) is 3.15. The molecule has 1 aromatic rings. The third kappa shape index (κ3) is 2.60. The molecule has 0 aromatic carbocycles. The van der Waals surface area contributed by atoms with E-state index in [4.69, 9.17) is 15.9 Å². The van der Waals surface area contributed by atoms with Gasteiger partial charge < -0.3 is 20.5 Å². The van der Waals surface area contributed by atoms with Crippen molar-refractivity contribution in [2.75, 3.05) is 24.6 Å². The van der Waals surface area contributed by atoms with Gasteiger partial charge in [-0.15, -0.1) is 0 Å². The van der Waals surface area contributed by atoms with Gasteiger partial charge >= 0.3 is 0 Å². The Balaban J connectivity index is 2.27. The molecule has 6 nitrogen and oxygen atoms in total. The number of rotatable bonds is 3. The van der Waals surface area contributed by atoms with Gasteiger partial charge in [0.05, 0.1) is 24.4 Å². The largest absolute Gasteiger partial charge is 0.394 e. The van der Waals surface area contributed by atoms with Crippen LogP contribution in [0.25, 0.3) is 0 Å². The number of amidine groups is 1. The topological polar surface area (TPSA) is 95.5 Å². The molecule has 0 saturated carbocycles. The van der Waals surface area contributed by atoms with Crippen LogP contribution in [0.5, 0.6) is 0 Å². The lowest BCUT2D eigenvalue weighted by molar-refractivity contribution is -0.0423. The zero-order chi connectivity index (χ0) is 13.1. The number of hydrogen-bond acceptors (Lipinski definition) is 5. The molecule has 0 radical (unpaired) electrons. The Bertz CT molecular complexity index is 438. The Labute approximate surface area is 106 Å². The third-order valence-electron chi connectivity index (χ3n) is 2.91. The minimum atomic E-state index is -0.226. The molecule has 0 aliphatic carbocycles. The Morgan fingerprint density at radius 3 is 3.11 bits per heavy atom. The average Bonchev–Trinajstić information content (AvgIpc) is 2.38. The van der Waals surface area contributed by atoms with E-state index in [0.717, 1.165) is 0 Å². The summed E-state index contributed by atoms with van der Waals surface area (Å²) in [4.78, 5) is 6.30. The number of nitrogen functional groups attached to an aromatic ring is 1. The first-order valence-electron chi connectivity index (χ1n) is 5.92. The van der Waals surface area contributed by atoms with Gasteiger partial charge in [-0.3, -0.25) is 5.41 Å². The number of anilines is 1. The van der Waals surface area contributed by atoms with Crippen molar-refractivity contribution < 1.29 is 9.84 Å². The Morgan fingerprint density at radius 2 is 2.44 bits per heavy atom. The molecule has 6 heteroatoms. The van der Waals surface area contributed by atoms with Crippen LogP contribution in [-0.2, 0) is 4.74 Å². The number of aromatic nitrogens is 1. The minimum absolute atomic E-state index is 0.00204. The zero-order valence-electron chi connectivity index (χ0n) is 10.3. The van der Waals surface area contributed by atoms with E-state index in [1.54, 1.807) is 18.3 Å². The van der Waals surface area contributed by atoms with Crippen LogP contribution >= 0.6 is 0 Å². The first-order valence-corrected chi connectivity index (χ1v) is 5.92. The van der Waals surface area contributed by atoms with E-state index in [2.05, 4.69) is 4.98 Å². The predicted octanol–water partition coefficient (Wildman–Crippen LogP) is -0.0483. The fraction of sp³-hybridized carbons (Fsp3) is 0.500. The maximum absolute atomic E-state index is 9.21. The van der Waals surface area contributed by atoms with Crippen molar-refractivity contribution in [3.8, 4) is 0 Å². The molecule has 1 fully saturated rings. The van der Waals surface area contributed by atoms with Gasteiger partial charge in [0.15, 0.2) is 0 Å². The first kappa shape index (κ1) is 12.8. The Hall–Kier alpha value is -1.66. The summed E-state index contributed by atoms with van der Waals surface area (Å²) in [7, 11) is 0. The second-order valence-electron chi connectivity index (χ2n) is 4.44. The molecule has 1 aliphatic heterocycles. The molecule has 0 bridgehead atoms. The van der Waals surface area contributed by atoms with Gasteiger partial charge in [-0.25, -0.2) is 4.98 Å². The van der Waals surface area contributed by atoms with E-state index in [1.165, 1.54) is 0 Å². The summed E-state index contributed by atoms with van der Waals surface area (Å²) in [5.41, 5.74) is 6.17. The summed E-state index contributed by atoms with van der Waals surface area (Å²) in [6.07, 6.45) is 1.46. The number of ether oxygens (including phenoxy) is 1. The molecule has 1 aromatic heterocycles. The summed E-state index contributed by atoms with van der Waals surface area (Å²) < 4.78 is 5.58. The van der Waals surface area contributed by atoms with Crippen molar-refractivity contribution >= 4 is 11.7 Å². The van der Waals surface area contributed by atoms with Gasteiger partial charge in [0, 0.05) is 19.3 Å². The van der Waals surface area contributed by atoms with E-state index in [1.807, 2.05) is 11.8 Å². The van der Waals surface area contributed by atoms with Crippen molar-refractivity contribution in [1.29, 1.82) is 5.41 Å². The van der Waals surface area contributed by atoms with Crippen molar-refractivity contribution in [3.63, 3.8) is 0 Å². The maximum atomic E-state index is 9.21. The van der Waals surface area contributed by atoms with Crippen LogP contribution in [0, 0.1) is 5.41 Å². The SMILES string of the molecule is CC1CN(c2ncccc2C(=N)N)CC(CO)O1. The quantitative estimate of drug-likeness (QED) is 0.516. The van der Waals surface area contributed by atoms with E-state index < -0.39 is 0 Å². The number of pyridine rings is 1. The molecular weight excluding hydrogens is 232 g/mol. The fourth-order valence-electron chi connectivity index (χ4n) is 2.18. The van der Waals surface area contributed by atoms with E-state index in [9.17, 15) is 5.11 Å². The van der Waals surface area contributed by atoms with Crippen LogP contribution in [0.4, 0.5) is 5.82 Å². The first-order chi connectivity index (χ1) is 8.61. The highest BCUT2D eigenvalue weighted by molar-refractivity contribution is 5.99. The molecule has 18 heavy (non-hydrogen) atoms. The summed E-state index contributed by atoms with van der Waals surface area (Å²) >= 11 is 0. The maximum Gasteiger partial charge on any atom is 0.139 e.